The maximum absolute atomic E-state index is 12.9. The molecular weight excluding hydrogens is 713 g/mol. The van der Waals surface area contributed by atoms with Gasteiger partial charge in [0.25, 0.3) is 0 Å². The molecule has 0 unspecified atom stereocenters. The minimum absolute atomic E-state index is 0. The molecule has 4 N–H and O–H groups in total. The molecule has 3 aromatic carbocycles. The summed E-state index contributed by atoms with van der Waals surface area (Å²) in [5, 5.41) is 11.5. The second-order valence-corrected chi connectivity index (χ2v) is 15.6. The largest absolute Gasteiger partial charge is 1.00 e. The summed E-state index contributed by atoms with van der Waals surface area (Å²) in [5.74, 6) is -1.73. The molecule has 48 heavy (non-hydrogen) atoms. The van der Waals surface area contributed by atoms with E-state index in [0.717, 1.165) is 36.8 Å². The highest BCUT2D eigenvalue weighted by molar-refractivity contribution is 7.97. The molecule has 0 aliphatic carbocycles. The molecule has 2 atom stereocenters. The highest BCUT2D eigenvalue weighted by Gasteiger charge is 2.44. The van der Waals surface area contributed by atoms with Crippen LogP contribution in [0.25, 0.3) is 0 Å². The maximum atomic E-state index is 12.9. The van der Waals surface area contributed by atoms with Crippen LogP contribution in [0.5, 0.6) is 0 Å². The van der Waals surface area contributed by atoms with Crippen molar-refractivity contribution < 1.29 is 45.6 Å². The molecule has 0 heterocycles. The molecule has 0 aliphatic heterocycles. The molecule has 0 saturated heterocycles. The number of unbranched alkanes of at least 4 members (excludes halogenated alkanes) is 2. The molecular formula is C36H47BrN3O6PS. The van der Waals surface area contributed by atoms with Gasteiger partial charge in [0.05, 0.1) is 19.9 Å². The van der Waals surface area contributed by atoms with Gasteiger partial charge in [-0.3, -0.25) is 19.2 Å². The third-order valence-corrected chi connectivity index (χ3v) is 13.3. The Hall–Kier alpha value is -3.37. The molecule has 3 aromatic rings. The number of esters is 2. The predicted octanol–water partition coefficient (Wildman–Crippen LogP) is -0.133. The SMILES string of the molecule is CCOC(=O)[C@@H](N)CCC(=O)N[C@@H](C[SH]=CCCCC[P+](c1ccccc1)(c1ccccc1)c1ccccc1)C(=O)NCC(=O)OC.[Br-]. The third-order valence-electron chi connectivity index (χ3n) is 7.64. The topological polar surface area (TPSA) is 137 Å². The molecule has 0 aliphatic rings. The van der Waals surface area contributed by atoms with Crippen molar-refractivity contribution >= 4 is 63.6 Å². The van der Waals surface area contributed by atoms with Crippen molar-refractivity contribution in [2.45, 2.75) is 51.1 Å². The zero-order valence-electron chi connectivity index (χ0n) is 27.6. The number of ether oxygens (including phenoxy) is 2. The molecule has 12 heteroatoms. The lowest BCUT2D eigenvalue weighted by Gasteiger charge is -2.27. The zero-order chi connectivity index (χ0) is 33.9. The minimum Gasteiger partial charge on any atom is -1.00 e. The van der Waals surface area contributed by atoms with E-state index in [9.17, 15) is 19.2 Å². The van der Waals surface area contributed by atoms with E-state index in [-0.39, 0.29) is 43.0 Å². The van der Waals surface area contributed by atoms with Crippen LogP contribution in [-0.2, 0) is 28.7 Å². The number of carbonyl (C=O) groups excluding carboxylic acids is 4. The van der Waals surface area contributed by atoms with Gasteiger partial charge in [-0.25, -0.2) is 11.4 Å². The van der Waals surface area contributed by atoms with E-state index >= 15 is 0 Å². The Balaban J connectivity index is 0.00000800. The Kier molecular flexibility index (Phi) is 19.0. The Bertz CT molecular complexity index is 1350. The Morgan fingerprint density at radius 1 is 0.875 bits per heavy atom. The minimum atomic E-state index is -1.89. The van der Waals surface area contributed by atoms with Gasteiger partial charge in [0.15, 0.2) is 0 Å². The van der Waals surface area contributed by atoms with Gasteiger partial charge in [-0.05, 0) is 69.0 Å². The van der Waals surface area contributed by atoms with Crippen molar-refractivity contribution in [1.82, 2.24) is 10.6 Å². The molecule has 0 radical (unpaired) electrons. The first-order valence-electron chi connectivity index (χ1n) is 15.9. The lowest BCUT2D eigenvalue weighted by Crippen LogP contribution is -3.00. The van der Waals surface area contributed by atoms with Crippen molar-refractivity contribution in [1.29, 1.82) is 0 Å². The van der Waals surface area contributed by atoms with E-state index in [2.05, 4.69) is 112 Å². The van der Waals surface area contributed by atoms with Gasteiger partial charge in [-0.15, -0.1) is 0 Å². The normalized spacial score (nSPS) is 12.5. The standard InChI is InChI=1S/C36H46N3O6PS.BrH/c1-3-45-36(43)31(37)22-23-33(40)39-32(35(42)38-26-34(41)44-2)27-47-25-15-7-14-24-46(28-16-8-4-9-17-28,29-18-10-5-11-19-29)30-20-12-6-13-21-30;/h4-6,8-13,16-21,25,31-32,47H,3,7,14-15,22-24,26-27,37H2,1-2H3,(H-,38,39,40,42);1H/t31-,32-;/m0./s1. The van der Waals surface area contributed by atoms with Crippen LogP contribution < -0.4 is 49.3 Å². The van der Waals surface area contributed by atoms with Crippen LogP contribution >= 0.6 is 18.6 Å². The fourth-order valence-electron chi connectivity index (χ4n) is 5.21. The van der Waals surface area contributed by atoms with Gasteiger partial charge in [0, 0.05) is 12.2 Å². The fourth-order valence-corrected chi connectivity index (χ4v) is 10.6. The smallest absolute Gasteiger partial charge is 0.325 e. The van der Waals surface area contributed by atoms with Crippen LogP contribution in [0.3, 0.4) is 0 Å². The average Bonchev–Trinajstić information content (AvgIpc) is 3.11. The highest BCUT2D eigenvalue weighted by atomic mass is 79.9. The maximum Gasteiger partial charge on any atom is 0.325 e. The first-order valence-corrected chi connectivity index (χ1v) is 19.0. The summed E-state index contributed by atoms with van der Waals surface area (Å²) in [6, 6.07) is 30.6. The number of halogens is 1. The Labute approximate surface area is 298 Å². The summed E-state index contributed by atoms with van der Waals surface area (Å²) in [6.07, 6.45) is 3.90. The van der Waals surface area contributed by atoms with Crippen LogP contribution in [-0.4, -0.2) is 73.4 Å². The number of amides is 2. The molecule has 0 aromatic heterocycles. The molecule has 3 rings (SSSR count). The third kappa shape index (κ3) is 12.6. The first-order chi connectivity index (χ1) is 22.8. The summed E-state index contributed by atoms with van der Waals surface area (Å²) >= 11 is 0.878. The molecule has 260 valence electrons. The zero-order valence-corrected chi connectivity index (χ0v) is 30.9. The number of hydrogen-bond acceptors (Lipinski definition) is 7. The average molecular weight is 761 g/mol. The van der Waals surface area contributed by atoms with Gasteiger partial charge < -0.3 is 42.8 Å². The summed E-state index contributed by atoms with van der Waals surface area (Å²) in [7, 11) is -0.653. The van der Waals surface area contributed by atoms with Crippen LogP contribution in [0.15, 0.2) is 91.0 Å². The lowest BCUT2D eigenvalue weighted by atomic mass is 10.1. The second kappa shape index (κ2) is 22.3. The molecule has 2 amide bonds. The van der Waals surface area contributed by atoms with Crippen LogP contribution in [0, 0.1) is 0 Å². The van der Waals surface area contributed by atoms with E-state index in [1.807, 2.05) is 0 Å². The fraction of sp³-hybridized carbons (Fsp3) is 0.361. The first kappa shape index (κ1) is 40.8. The van der Waals surface area contributed by atoms with Gasteiger partial charge in [-0.1, -0.05) is 60.0 Å². The number of benzene rings is 3. The van der Waals surface area contributed by atoms with Crippen LogP contribution in [0.2, 0.25) is 0 Å². The number of nitrogens with two attached hydrogens (primary N) is 1. The molecule has 0 bridgehead atoms. The van der Waals surface area contributed by atoms with E-state index in [1.54, 1.807) is 6.92 Å². The van der Waals surface area contributed by atoms with Crippen molar-refractivity contribution in [3.63, 3.8) is 0 Å². The van der Waals surface area contributed by atoms with Crippen molar-refractivity contribution in [3.05, 3.63) is 91.0 Å². The number of rotatable bonds is 19. The van der Waals surface area contributed by atoms with E-state index in [1.165, 1.54) is 23.0 Å². The Morgan fingerprint density at radius 2 is 1.42 bits per heavy atom. The van der Waals surface area contributed by atoms with Crippen LogP contribution in [0.1, 0.15) is 39.0 Å². The number of thiol groups is 1. The van der Waals surface area contributed by atoms with E-state index in [4.69, 9.17) is 10.5 Å². The number of carbonyl (C=O) groups is 4. The van der Waals surface area contributed by atoms with Crippen molar-refractivity contribution in [2.75, 3.05) is 32.2 Å². The van der Waals surface area contributed by atoms with E-state index in [0.29, 0.717) is 5.75 Å². The van der Waals surface area contributed by atoms with Gasteiger partial charge in [-0.2, -0.15) is 0 Å². The number of methoxy groups -OCH3 is 1. The number of hydrogen-bond donors (Lipinski definition) is 4. The Morgan fingerprint density at radius 3 is 1.92 bits per heavy atom. The molecule has 0 fully saturated rings. The van der Waals surface area contributed by atoms with Crippen molar-refractivity contribution in [2.24, 2.45) is 5.73 Å². The second-order valence-electron chi connectivity index (χ2n) is 10.9. The quantitative estimate of drug-likeness (QED) is 0.0440. The molecule has 0 spiro atoms. The molecule has 0 saturated carbocycles. The van der Waals surface area contributed by atoms with Gasteiger partial charge in [0.1, 0.15) is 41.8 Å². The van der Waals surface area contributed by atoms with Crippen LogP contribution in [0.4, 0.5) is 0 Å². The summed E-state index contributed by atoms with van der Waals surface area (Å²) in [6.45, 7) is 1.58. The lowest BCUT2D eigenvalue weighted by molar-refractivity contribution is -0.145. The van der Waals surface area contributed by atoms with Gasteiger partial charge in [0.2, 0.25) is 11.8 Å². The molecule has 9 nitrogen and oxygen atoms in total. The highest BCUT2D eigenvalue weighted by Crippen LogP contribution is 2.55. The monoisotopic (exact) mass is 759 g/mol. The summed E-state index contributed by atoms with van der Waals surface area (Å²) < 4.78 is 9.50. The summed E-state index contributed by atoms with van der Waals surface area (Å²) in [4.78, 5) is 48.9. The van der Waals surface area contributed by atoms with E-state index < -0.39 is 43.1 Å². The van der Waals surface area contributed by atoms with Crippen molar-refractivity contribution in [3.8, 4) is 0 Å². The predicted molar refractivity (Wildman–Crippen MR) is 195 cm³/mol. The number of nitrogens with one attached hydrogen (secondary N) is 2. The summed E-state index contributed by atoms with van der Waals surface area (Å²) in [5.41, 5.74) is 5.81. The van der Waals surface area contributed by atoms with Gasteiger partial charge >= 0.3 is 11.9 Å².